The molecular weight excluding hydrogens is 314 g/mol. The molecule has 0 atom stereocenters. The van der Waals surface area contributed by atoms with Crippen LogP contribution >= 0.6 is 11.6 Å². The van der Waals surface area contributed by atoms with E-state index in [1.807, 2.05) is 0 Å². The fourth-order valence-electron chi connectivity index (χ4n) is 1.40. The van der Waals surface area contributed by atoms with Crippen molar-refractivity contribution in [3.05, 3.63) is 33.3 Å². The number of nitrogens with zero attached hydrogens (tertiary/aromatic N) is 1. The van der Waals surface area contributed by atoms with E-state index in [9.17, 15) is 19.7 Å². The zero-order chi connectivity index (χ0) is 16.9. The number of hydrogen-bond donors (Lipinski definition) is 2. The molecule has 22 heavy (non-hydrogen) atoms. The molecule has 0 heterocycles. The fraction of sp³-hybridized carbons (Fsp3) is 0.385. The maximum Gasteiger partial charge on any atom is 0.321 e. The zero-order valence-corrected chi connectivity index (χ0v) is 13.1. The van der Waals surface area contributed by atoms with Gasteiger partial charge in [0.15, 0.2) is 6.61 Å². The Labute approximate surface area is 131 Å². The summed E-state index contributed by atoms with van der Waals surface area (Å²) in [6.45, 7) is 4.85. The lowest BCUT2D eigenvalue weighted by Crippen LogP contribution is -2.49. The zero-order valence-electron chi connectivity index (χ0n) is 12.3. The maximum absolute atomic E-state index is 11.6. The van der Waals surface area contributed by atoms with E-state index in [1.54, 1.807) is 20.8 Å². The molecule has 0 fully saturated rings. The average molecular weight is 330 g/mol. The van der Waals surface area contributed by atoms with Crippen LogP contribution < -0.4 is 15.4 Å². The van der Waals surface area contributed by atoms with Crippen molar-refractivity contribution in [2.75, 3.05) is 6.61 Å². The van der Waals surface area contributed by atoms with Gasteiger partial charge in [0, 0.05) is 17.7 Å². The first-order valence-electron chi connectivity index (χ1n) is 6.27. The number of urea groups is 1. The van der Waals surface area contributed by atoms with Crippen molar-refractivity contribution in [1.29, 1.82) is 0 Å². The monoisotopic (exact) mass is 329 g/mol. The van der Waals surface area contributed by atoms with Gasteiger partial charge in [-0.2, -0.15) is 0 Å². The molecule has 3 amide bonds. The Hall–Kier alpha value is -2.35. The first-order chi connectivity index (χ1) is 10.1. The molecule has 0 aliphatic carbocycles. The van der Waals surface area contributed by atoms with Gasteiger partial charge in [-0.3, -0.25) is 20.2 Å². The third-order valence-corrected chi connectivity index (χ3v) is 2.52. The topological polar surface area (TPSA) is 111 Å². The maximum atomic E-state index is 11.6. The summed E-state index contributed by atoms with van der Waals surface area (Å²) in [6.07, 6.45) is 0. The van der Waals surface area contributed by atoms with Crippen molar-refractivity contribution in [3.63, 3.8) is 0 Å². The predicted molar refractivity (Wildman–Crippen MR) is 80.0 cm³/mol. The van der Waals surface area contributed by atoms with E-state index in [2.05, 4.69) is 10.6 Å². The lowest BCUT2D eigenvalue weighted by molar-refractivity contribution is -0.384. The van der Waals surface area contributed by atoms with Crippen LogP contribution in [0.1, 0.15) is 20.8 Å². The quantitative estimate of drug-likeness (QED) is 0.650. The first kappa shape index (κ1) is 17.7. The molecule has 0 saturated heterocycles. The summed E-state index contributed by atoms with van der Waals surface area (Å²) in [7, 11) is 0. The number of ether oxygens (including phenoxy) is 1. The number of carbonyl (C=O) groups is 2. The molecule has 0 spiro atoms. The second kappa shape index (κ2) is 7.08. The van der Waals surface area contributed by atoms with Crippen LogP contribution in [-0.2, 0) is 4.79 Å². The van der Waals surface area contributed by atoms with Crippen LogP contribution in [0.25, 0.3) is 0 Å². The molecule has 1 aromatic carbocycles. The third kappa shape index (κ3) is 5.96. The largest absolute Gasteiger partial charge is 0.482 e. The van der Waals surface area contributed by atoms with E-state index in [0.29, 0.717) is 0 Å². The smallest absolute Gasteiger partial charge is 0.321 e. The molecule has 1 rings (SSSR count). The Bertz CT molecular complexity index is 598. The molecule has 0 radical (unpaired) electrons. The number of nitro groups is 1. The Kier molecular flexibility index (Phi) is 5.69. The normalized spacial score (nSPS) is 10.7. The van der Waals surface area contributed by atoms with Crippen molar-refractivity contribution in [1.82, 2.24) is 10.6 Å². The molecule has 1 aromatic rings. The number of imide groups is 1. The summed E-state index contributed by atoms with van der Waals surface area (Å²) in [6, 6.07) is 2.95. The van der Waals surface area contributed by atoms with Gasteiger partial charge < -0.3 is 10.1 Å². The highest BCUT2D eigenvalue weighted by atomic mass is 35.5. The number of nitro benzene ring substituents is 1. The number of carbonyl (C=O) groups excluding carboxylic acids is 2. The van der Waals surface area contributed by atoms with E-state index < -0.39 is 29.0 Å². The highest BCUT2D eigenvalue weighted by molar-refractivity contribution is 6.32. The molecular formula is C13H16ClN3O5. The second-order valence-electron chi connectivity index (χ2n) is 5.41. The van der Waals surface area contributed by atoms with Crippen molar-refractivity contribution in [3.8, 4) is 5.75 Å². The van der Waals surface area contributed by atoms with E-state index in [4.69, 9.17) is 16.3 Å². The number of non-ortho nitro benzene ring substituents is 1. The summed E-state index contributed by atoms with van der Waals surface area (Å²) in [5.74, 6) is -0.560. The molecule has 120 valence electrons. The van der Waals surface area contributed by atoms with Crippen LogP contribution in [-0.4, -0.2) is 29.0 Å². The molecule has 0 aliphatic rings. The van der Waals surface area contributed by atoms with Crippen LogP contribution in [0.2, 0.25) is 5.02 Å². The van der Waals surface area contributed by atoms with Crippen LogP contribution in [0.3, 0.4) is 0 Å². The van der Waals surface area contributed by atoms with Gasteiger partial charge in [-0.1, -0.05) is 11.6 Å². The minimum atomic E-state index is -0.670. The van der Waals surface area contributed by atoms with E-state index in [-0.39, 0.29) is 16.5 Å². The standard InChI is InChI=1S/C13H16ClN3O5/c1-13(2,3)16-12(19)15-11(18)7-22-10-5-4-8(17(20)21)6-9(10)14/h4-6H,7H2,1-3H3,(H2,15,16,18,19). The number of rotatable bonds is 4. The molecule has 0 saturated carbocycles. The Morgan fingerprint density at radius 1 is 1.36 bits per heavy atom. The summed E-state index contributed by atoms with van der Waals surface area (Å²) < 4.78 is 5.12. The number of nitrogens with one attached hydrogen (secondary N) is 2. The van der Waals surface area contributed by atoms with E-state index >= 15 is 0 Å². The summed E-state index contributed by atoms with van der Waals surface area (Å²) in [5.41, 5.74) is -0.668. The minimum Gasteiger partial charge on any atom is -0.482 e. The van der Waals surface area contributed by atoms with E-state index in [1.165, 1.54) is 12.1 Å². The SMILES string of the molecule is CC(C)(C)NC(=O)NC(=O)COc1ccc([N+](=O)[O-])cc1Cl. The number of benzene rings is 1. The molecule has 0 bridgehead atoms. The molecule has 9 heteroatoms. The van der Waals surface area contributed by atoms with Crippen LogP contribution in [0.5, 0.6) is 5.75 Å². The number of hydrogen-bond acceptors (Lipinski definition) is 5. The van der Waals surface area contributed by atoms with Crippen LogP contribution in [0.15, 0.2) is 18.2 Å². The molecule has 2 N–H and O–H groups in total. The van der Waals surface area contributed by atoms with Gasteiger partial charge in [0.05, 0.1) is 9.95 Å². The lowest BCUT2D eigenvalue weighted by Gasteiger charge is -2.20. The Morgan fingerprint density at radius 2 is 2.00 bits per heavy atom. The van der Waals surface area contributed by atoms with Gasteiger partial charge in [0.1, 0.15) is 5.75 Å². The fourth-order valence-corrected chi connectivity index (χ4v) is 1.63. The Morgan fingerprint density at radius 3 is 2.50 bits per heavy atom. The number of halogens is 1. The van der Waals surface area contributed by atoms with Gasteiger partial charge >= 0.3 is 6.03 Å². The van der Waals surface area contributed by atoms with Gasteiger partial charge in [-0.15, -0.1) is 0 Å². The lowest BCUT2D eigenvalue weighted by atomic mass is 10.1. The van der Waals surface area contributed by atoms with Crippen molar-refractivity contribution in [2.45, 2.75) is 26.3 Å². The molecule has 8 nitrogen and oxygen atoms in total. The Balaban J connectivity index is 2.54. The van der Waals surface area contributed by atoms with Crippen LogP contribution in [0.4, 0.5) is 10.5 Å². The second-order valence-corrected chi connectivity index (χ2v) is 5.82. The van der Waals surface area contributed by atoms with Crippen LogP contribution in [0, 0.1) is 10.1 Å². The van der Waals surface area contributed by atoms with Gasteiger partial charge in [0.25, 0.3) is 11.6 Å². The molecule has 0 aromatic heterocycles. The van der Waals surface area contributed by atoms with Crippen molar-refractivity contribution in [2.24, 2.45) is 0 Å². The van der Waals surface area contributed by atoms with Gasteiger partial charge in [-0.25, -0.2) is 4.79 Å². The van der Waals surface area contributed by atoms with E-state index in [0.717, 1.165) is 6.07 Å². The van der Waals surface area contributed by atoms with Crippen molar-refractivity contribution < 1.29 is 19.2 Å². The molecule has 0 unspecified atom stereocenters. The summed E-state index contributed by atoms with van der Waals surface area (Å²) in [4.78, 5) is 33.0. The highest BCUT2D eigenvalue weighted by Gasteiger charge is 2.16. The van der Waals surface area contributed by atoms with Gasteiger partial charge in [0.2, 0.25) is 0 Å². The first-order valence-corrected chi connectivity index (χ1v) is 6.65. The number of amides is 3. The third-order valence-electron chi connectivity index (χ3n) is 2.23. The minimum absolute atomic E-state index is 0.00106. The molecule has 0 aliphatic heterocycles. The summed E-state index contributed by atoms with van der Waals surface area (Å²) >= 11 is 5.81. The average Bonchev–Trinajstić information content (AvgIpc) is 2.34. The van der Waals surface area contributed by atoms with Crippen molar-refractivity contribution >= 4 is 29.2 Å². The predicted octanol–water partition coefficient (Wildman–Crippen LogP) is 2.25. The summed E-state index contributed by atoms with van der Waals surface area (Å²) in [5, 5.41) is 15.2. The van der Waals surface area contributed by atoms with Gasteiger partial charge in [-0.05, 0) is 26.8 Å². The highest BCUT2D eigenvalue weighted by Crippen LogP contribution is 2.28.